The molecule has 0 amide bonds. The summed E-state index contributed by atoms with van der Waals surface area (Å²) in [4.78, 5) is 8.91. The number of aromatic nitrogens is 2. The molecule has 28 heavy (non-hydrogen) atoms. The van der Waals surface area contributed by atoms with Gasteiger partial charge in [0.2, 0.25) is 10.0 Å². The largest absolute Gasteiger partial charge is 0.325 e. The van der Waals surface area contributed by atoms with Crippen molar-refractivity contribution in [2.24, 2.45) is 0 Å². The van der Waals surface area contributed by atoms with Crippen LogP contribution >= 0.6 is 0 Å². The Kier molecular flexibility index (Phi) is 5.06. The minimum absolute atomic E-state index is 0.0866. The van der Waals surface area contributed by atoms with E-state index in [1.165, 1.54) is 16.4 Å². The number of sulfonamides is 1. The van der Waals surface area contributed by atoms with E-state index in [4.69, 9.17) is 0 Å². The molecule has 1 atom stereocenters. The summed E-state index contributed by atoms with van der Waals surface area (Å²) in [5.41, 5.74) is 0.670. The minimum atomic E-state index is -3.73. The molecular weight excluding hydrogens is 379 g/mol. The van der Waals surface area contributed by atoms with Gasteiger partial charge in [-0.05, 0) is 61.4 Å². The first kappa shape index (κ1) is 18.5. The molecule has 0 saturated carbocycles. The molecule has 1 saturated heterocycles. The van der Waals surface area contributed by atoms with Crippen molar-refractivity contribution in [3.8, 4) is 0 Å². The molecule has 3 aromatic rings. The molecule has 144 valence electrons. The zero-order valence-corrected chi connectivity index (χ0v) is 15.8. The summed E-state index contributed by atoms with van der Waals surface area (Å²) in [5.74, 6) is 0.795. The van der Waals surface area contributed by atoms with Crippen molar-refractivity contribution in [1.82, 2.24) is 14.3 Å². The zero-order valence-electron chi connectivity index (χ0n) is 15.0. The number of hydrogen-bond acceptors (Lipinski definition) is 5. The normalized spacial score (nSPS) is 17.5. The lowest BCUT2D eigenvalue weighted by Crippen LogP contribution is -2.31. The summed E-state index contributed by atoms with van der Waals surface area (Å²) in [5, 5.41) is 3.13. The molecule has 0 aliphatic carbocycles. The maximum atomic E-state index is 13.2. The zero-order chi connectivity index (χ0) is 19.6. The van der Waals surface area contributed by atoms with Crippen LogP contribution in [0.25, 0.3) is 0 Å². The monoisotopic (exact) mass is 398 g/mol. The molecule has 1 aromatic carbocycles. The molecule has 1 aliphatic rings. The van der Waals surface area contributed by atoms with Gasteiger partial charge in [0.25, 0.3) is 0 Å². The van der Waals surface area contributed by atoms with E-state index in [2.05, 4.69) is 15.3 Å². The van der Waals surface area contributed by atoms with Crippen LogP contribution in [0.5, 0.6) is 0 Å². The number of nitrogens with zero attached hydrogens (tertiary/aromatic N) is 3. The average Bonchev–Trinajstić information content (AvgIpc) is 3.20. The fourth-order valence-corrected chi connectivity index (χ4v) is 5.01. The quantitative estimate of drug-likeness (QED) is 0.706. The van der Waals surface area contributed by atoms with E-state index in [0.29, 0.717) is 30.3 Å². The van der Waals surface area contributed by atoms with Crippen LogP contribution in [0.4, 0.5) is 16.0 Å². The van der Waals surface area contributed by atoms with Gasteiger partial charge in [-0.1, -0.05) is 12.1 Å². The van der Waals surface area contributed by atoms with Crippen molar-refractivity contribution >= 4 is 21.7 Å². The molecule has 0 radical (unpaired) electrons. The molecule has 8 heteroatoms. The van der Waals surface area contributed by atoms with Crippen molar-refractivity contribution in [1.29, 1.82) is 0 Å². The Morgan fingerprint density at radius 2 is 1.79 bits per heavy atom. The average molecular weight is 398 g/mol. The molecule has 1 unspecified atom stereocenters. The second-order valence-electron chi connectivity index (χ2n) is 6.52. The van der Waals surface area contributed by atoms with E-state index in [1.807, 2.05) is 36.4 Å². The molecule has 3 heterocycles. The fourth-order valence-electron chi connectivity index (χ4n) is 3.34. The number of hydrogen-bond donors (Lipinski definition) is 1. The Hall–Kier alpha value is -2.84. The summed E-state index contributed by atoms with van der Waals surface area (Å²) >= 11 is 0. The lowest BCUT2D eigenvalue weighted by Gasteiger charge is -2.24. The standard InChI is InChI=1S/C20H19FN4O2S/c21-15-9-11-16(12-10-15)28(26,27)25-14-4-6-18(25)17-5-3-8-20(23-17)24-19-7-1-2-13-22-19/h1-3,5,7-13,18H,4,6,14H2,(H,22,23,24). The number of halogens is 1. The summed E-state index contributed by atoms with van der Waals surface area (Å²) in [7, 11) is -3.73. The number of rotatable bonds is 5. The predicted molar refractivity (Wildman–Crippen MR) is 104 cm³/mol. The molecule has 1 N–H and O–H groups in total. The van der Waals surface area contributed by atoms with Gasteiger partial charge in [-0.15, -0.1) is 0 Å². The molecule has 4 rings (SSSR count). The topological polar surface area (TPSA) is 75.2 Å². The van der Waals surface area contributed by atoms with Gasteiger partial charge < -0.3 is 5.32 Å². The number of anilines is 2. The highest BCUT2D eigenvalue weighted by molar-refractivity contribution is 7.89. The van der Waals surface area contributed by atoms with Crippen LogP contribution in [0, 0.1) is 5.82 Å². The van der Waals surface area contributed by atoms with Gasteiger partial charge in [0.05, 0.1) is 16.6 Å². The summed E-state index contributed by atoms with van der Waals surface area (Å²) in [6.45, 7) is 0.407. The Bertz CT molecular complexity index is 1060. The summed E-state index contributed by atoms with van der Waals surface area (Å²) in [6.07, 6.45) is 3.10. The van der Waals surface area contributed by atoms with Gasteiger partial charge in [0.15, 0.2) is 0 Å². The van der Waals surface area contributed by atoms with Gasteiger partial charge >= 0.3 is 0 Å². The highest BCUT2D eigenvalue weighted by atomic mass is 32.2. The second-order valence-corrected chi connectivity index (χ2v) is 8.41. The van der Waals surface area contributed by atoms with E-state index in [0.717, 1.165) is 18.6 Å². The van der Waals surface area contributed by atoms with E-state index in [9.17, 15) is 12.8 Å². The van der Waals surface area contributed by atoms with Crippen LogP contribution in [0.3, 0.4) is 0 Å². The fraction of sp³-hybridized carbons (Fsp3) is 0.200. The maximum Gasteiger partial charge on any atom is 0.243 e. The van der Waals surface area contributed by atoms with Gasteiger partial charge in [-0.25, -0.2) is 22.8 Å². The van der Waals surface area contributed by atoms with Crippen LogP contribution in [0.1, 0.15) is 24.6 Å². The Morgan fingerprint density at radius 3 is 2.54 bits per heavy atom. The van der Waals surface area contributed by atoms with E-state index >= 15 is 0 Å². The second kappa shape index (κ2) is 7.65. The molecule has 0 bridgehead atoms. The van der Waals surface area contributed by atoms with E-state index in [1.54, 1.807) is 6.20 Å². The molecule has 1 fully saturated rings. The molecule has 1 aliphatic heterocycles. The number of benzene rings is 1. The number of pyridine rings is 2. The maximum absolute atomic E-state index is 13.2. The third-order valence-corrected chi connectivity index (χ3v) is 6.58. The highest BCUT2D eigenvalue weighted by Crippen LogP contribution is 2.36. The van der Waals surface area contributed by atoms with Crippen LogP contribution in [-0.4, -0.2) is 29.2 Å². The van der Waals surface area contributed by atoms with Crippen molar-refractivity contribution in [3.05, 3.63) is 78.4 Å². The smallest absolute Gasteiger partial charge is 0.243 e. The third kappa shape index (κ3) is 3.74. The van der Waals surface area contributed by atoms with Crippen molar-refractivity contribution < 1.29 is 12.8 Å². The first-order chi connectivity index (χ1) is 13.5. The summed E-state index contributed by atoms with van der Waals surface area (Å²) in [6, 6.07) is 15.6. The SMILES string of the molecule is O=S(=O)(c1ccc(F)cc1)N1CCCC1c1cccc(Nc2ccccn2)n1. The van der Waals surface area contributed by atoms with Crippen LogP contribution < -0.4 is 5.32 Å². The van der Waals surface area contributed by atoms with Crippen LogP contribution in [-0.2, 0) is 10.0 Å². The van der Waals surface area contributed by atoms with Gasteiger partial charge in [-0.3, -0.25) is 0 Å². The molecular formula is C20H19FN4O2S. The minimum Gasteiger partial charge on any atom is -0.325 e. The molecule has 6 nitrogen and oxygen atoms in total. The highest BCUT2D eigenvalue weighted by Gasteiger charge is 2.37. The molecule has 2 aromatic heterocycles. The lowest BCUT2D eigenvalue weighted by atomic mass is 10.1. The first-order valence-corrected chi connectivity index (χ1v) is 10.4. The third-order valence-electron chi connectivity index (χ3n) is 4.66. The number of nitrogens with one attached hydrogen (secondary N) is 1. The van der Waals surface area contributed by atoms with Crippen molar-refractivity contribution in [2.45, 2.75) is 23.8 Å². The van der Waals surface area contributed by atoms with Crippen LogP contribution in [0.15, 0.2) is 71.8 Å². The first-order valence-electron chi connectivity index (χ1n) is 8.96. The molecule has 0 spiro atoms. The van der Waals surface area contributed by atoms with Crippen molar-refractivity contribution in [3.63, 3.8) is 0 Å². The Morgan fingerprint density at radius 1 is 1.00 bits per heavy atom. The van der Waals surface area contributed by atoms with Gasteiger partial charge in [0.1, 0.15) is 17.5 Å². The Labute approximate surface area is 163 Å². The summed E-state index contributed by atoms with van der Waals surface area (Å²) < 4.78 is 40.7. The van der Waals surface area contributed by atoms with E-state index in [-0.39, 0.29) is 10.9 Å². The van der Waals surface area contributed by atoms with Crippen LogP contribution in [0.2, 0.25) is 0 Å². The van der Waals surface area contributed by atoms with Gasteiger partial charge in [0, 0.05) is 12.7 Å². The Balaban J connectivity index is 1.61. The lowest BCUT2D eigenvalue weighted by molar-refractivity contribution is 0.390. The van der Waals surface area contributed by atoms with Crippen molar-refractivity contribution in [2.75, 3.05) is 11.9 Å². The van der Waals surface area contributed by atoms with Gasteiger partial charge in [-0.2, -0.15) is 4.31 Å². The van der Waals surface area contributed by atoms with E-state index < -0.39 is 15.8 Å². The predicted octanol–water partition coefficient (Wildman–Crippen LogP) is 3.89.